The quantitative estimate of drug-likeness (QED) is 0.427. The van der Waals surface area contributed by atoms with Gasteiger partial charge in [0, 0.05) is 43.3 Å². The van der Waals surface area contributed by atoms with Crippen LogP contribution in [0.4, 0.5) is 5.69 Å². The fraction of sp³-hybridized carbons (Fsp3) is 0.320. The number of rotatable bonds is 7. The number of hydrogen-bond donors (Lipinski definition) is 3. The Kier molecular flexibility index (Phi) is 7.28. The first-order valence-electron chi connectivity index (χ1n) is 11.4. The third kappa shape index (κ3) is 5.26. The molecule has 9 nitrogen and oxygen atoms in total. The molecule has 10 heteroatoms. The molecule has 3 aromatic rings. The predicted octanol–water partition coefficient (Wildman–Crippen LogP) is 2.50. The highest BCUT2D eigenvalue weighted by atomic mass is 35.5. The lowest BCUT2D eigenvalue weighted by Gasteiger charge is -2.36. The van der Waals surface area contributed by atoms with Gasteiger partial charge in [0.1, 0.15) is 5.75 Å². The van der Waals surface area contributed by atoms with Crippen molar-refractivity contribution in [3.8, 4) is 5.75 Å². The second-order valence-corrected chi connectivity index (χ2v) is 8.94. The molecule has 0 saturated carbocycles. The molecule has 1 saturated heterocycles. The predicted molar refractivity (Wildman–Crippen MR) is 134 cm³/mol. The van der Waals surface area contributed by atoms with E-state index in [2.05, 4.69) is 15.1 Å². The maximum absolute atomic E-state index is 12.8. The molecular weight excluding hydrogens is 472 g/mol. The first-order valence-corrected chi connectivity index (χ1v) is 11.7. The number of amides is 2. The van der Waals surface area contributed by atoms with Crippen molar-refractivity contribution in [3.05, 3.63) is 68.5 Å². The van der Waals surface area contributed by atoms with Crippen molar-refractivity contribution in [1.82, 2.24) is 10.2 Å². The molecule has 35 heavy (non-hydrogen) atoms. The monoisotopic (exact) mass is 498 g/mol. The number of hydrogen-bond acceptors (Lipinski definition) is 7. The maximum Gasteiger partial charge on any atom is 0.284 e. The number of aromatic hydroxyl groups is 1. The Morgan fingerprint density at radius 2 is 1.91 bits per heavy atom. The number of primary amides is 1. The van der Waals surface area contributed by atoms with Gasteiger partial charge in [-0.3, -0.25) is 19.3 Å². The van der Waals surface area contributed by atoms with Crippen LogP contribution in [0.25, 0.3) is 11.0 Å². The number of nitrogens with two attached hydrogens (primary N) is 1. The maximum atomic E-state index is 12.8. The Labute approximate surface area is 207 Å². The molecule has 1 aliphatic heterocycles. The fourth-order valence-electron chi connectivity index (χ4n) is 4.29. The molecule has 184 valence electrons. The third-order valence-corrected chi connectivity index (χ3v) is 6.44. The van der Waals surface area contributed by atoms with E-state index in [1.54, 1.807) is 36.4 Å². The van der Waals surface area contributed by atoms with Gasteiger partial charge >= 0.3 is 0 Å². The number of fused-ring (bicyclic) bond motifs is 1. The molecule has 0 atom stereocenters. The van der Waals surface area contributed by atoms with Gasteiger partial charge in [-0.25, -0.2) is 0 Å². The van der Waals surface area contributed by atoms with Crippen LogP contribution in [0.15, 0.2) is 45.6 Å². The van der Waals surface area contributed by atoms with E-state index in [4.69, 9.17) is 21.8 Å². The average Bonchev–Trinajstić information content (AvgIpc) is 2.85. The van der Waals surface area contributed by atoms with Gasteiger partial charge in [0.05, 0.1) is 16.6 Å². The summed E-state index contributed by atoms with van der Waals surface area (Å²) in [6, 6.07) is 9.74. The standard InChI is InChI=1S/C25H27ClN4O5/c1-15-21(32)17-4-2-5-18(23(17)35-22(15)24(27)33)25(34)28-8-3-9-29-10-12-30(13-11-29)19-14-16(26)6-7-20(19)31/h2,4-7,14,31H,3,8-13H2,1H3,(H2,27,33)(H,28,34). The number of carbonyl (C=O) groups is 2. The Morgan fingerprint density at radius 3 is 2.63 bits per heavy atom. The molecule has 4 rings (SSSR count). The van der Waals surface area contributed by atoms with Crippen LogP contribution < -0.4 is 21.4 Å². The zero-order chi connectivity index (χ0) is 25.1. The molecule has 2 amide bonds. The third-order valence-electron chi connectivity index (χ3n) is 6.20. The van der Waals surface area contributed by atoms with Gasteiger partial charge in [-0.1, -0.05) is 17.7 Å². The van der Waals surface area contributed by atoms with Crippen molar-refractivity contribution >= 4 is 40.1 Å². The Balaban J connectivity index is 1.32. The molecule has 1 fully saturated rings. The minimum atomic E-state index is -0.859. The summed E-state index contributed by atoms with van der Waals surface area (Å²) >= 11 is 6.06. The lowest BCUT2D eigenvalue weighted by Crippen LogP contribution is -2.47. The van der Waals surface area contributed by atoms with Crippen molar-refractivity contribution < 1.29 is 19.1 Å². The second kappa shape index (κ2) is 10.4. The van der Waals surface area contributed by atoms with E-state index in [1.165, 1.54) is 6.92 Å². The minimum absolute atomic E-state index is 0.0507. The van der Waals surface area contributed by atoms with Crippen LogP contribution >= 0.6 is 11.6 Å². The molecule has 0 unspecified atom stereocenters. The lowest BCUT2D eigenvalue weighted by atomic mass is 10.1. The molecule has 2 heterocycles. The molecule has 1 aromatic heterocycles. The van der Waals surface area contributed by atoms with Crippen LogP contribution in [-0.2, 0) is 0 Å². The zero-order valence-electron chi connectivity index (χ0n) is 19.3. The van der Waals surface area contributed by atoms with Crippen LogP contribution in [0.2, 0.25) is 5.02 Å². The normalized spacial score (nSPS) is 14.3. The summed E-state index contributed by atoms with van der Waals surface area (Å²) in [5, 5.41) is 13.8. The van der Waals surface area contributed by atoms with Gasteiger partial charge in [-0.05, 0) is 50.2 Å². The van der Waals surface area contributed by atoms with E-state index in [0.29, 0.717) is 11.6 Å². The smallest absolute Gasteiger partial charge is 0.284 e. The number of halogens is 1. The molecular formula is C25H27ClN4O5. The summed E-state index contributed by atoms with van der Waals surface area (Å²) in [6.07, 6.45) is 0.731. The van der Waals surface area contributed by atoms with Crippen molar-refractivity contribution in [2.45, 2.75) is 13.3 Å². The average molecular weight is 499 g/mol. The van der Waals surface area contributed by atoms with Gasteiger partial charge in [0.2, 0.25) is 0 Å². The van der Waals surface area contributed by atoms with Crippen LogP contribution in [0, 0.1) is 6.92 Å². The summed E-state index contributed by atoms with van der Waals surface area (Å²) in [7, 11) is 0. The van der Waals surface area contributed by atoms with Crippen LogP contribution in [0.3, 0.4) is 0 Å². The zero-order valence-corrected chi connectivity index (χ0v) is 20.1. The van der Waals surface area contributed by atoms with E-state index in [1.807, 2.05) is 0 Å². The summed E-state index contributed by atoms with van der Waals surface area (Å²) in [5.41, 5.74) is 6.02. The number of para-hydroxylation sites is 1. The van der Waals surface area contributed by atoms with E-state index < -0.39 is 5.91 Å². The summed E-state index contributed by atoms with van der Waals surface area (Å²) in [4.78, 5) is 41.4. The number of benzene rings is 2. The summed E-state index contributed by atoms with van der Waals surface area (Å²) < 4.78 is 5.58. The number of piperazine rings is 1. The Bertz CT molecular complexity index is 1330. The molecule has 0 bridgehead atoms. The van der Waals surface area contributed by atoms with Crippen molar-refractivity contribution in [1.29, 1.82) is 0 Å². The van der Waals surface area contributed by atoms with E-state index in [-0.39, 0.29) is 44.9 Å². The molecule has 0 aliphatic carbocycles. The molecule has 1 aliphatic rings. The second-order valence-electron chi connectivity index (χ2n) is 8.50. The Morgan fingerprint density at radius 1 is 1.17 bits per heavy atom. The largest absolute Gasteiger partial charge is 0.506 e. The van der Waals surface area contributed by atoms with Crippen LogP contribution in [-0.4, -0.2) is 61.1 Å². The van der Waals surface area contributed by atoms with Crippen LogP contribution in [0.5, 0.6) is 5.75 Å². The Hall–Kier alpha value is -3.56. The van der Waals surface area contributed by atoms with Crippen LogP contribution in [0.1, 0.15) is 32.9 Å². The van der Waals surface area contributed by atoms with Crippen molar-refractivity contribution in [3.63, 3.8) is 0 Å². The van der Waals surface area contributed by atoms with Crippen molar-refractivity contribution in [2.75, 3.05) is 44.2 Å². The first kappa shape index (κ1) is 24.6. The first-order chi connectivity index (χ1) is 16.8. The molecule has 0 spiro atoms. The van der Waals surface area contributed by atoms with Gasteiger partial charge in [0.15, 0.2) is 16.8 Å². The number of carbonyl (C=O) groups excluding carboxylic acids is 2. The van der Waals surface area contributed by atoms with Gasteiger partial charge in [-0.15, -0.1) is 0 Å². The topological polar surface area (TPSA) is 129 Å². The highest BCUT2D eigenvalue weighted by Gasteiger charge is 2.21. The van der Waals surface area contributed by atoms with Gasteiger partial charge in [-0.2, -0.15) is 0 Å². The highest BCUT2D eigenvalue weighted by Crippen LogP contribution is 2.30. The van der Waals surface area contributed by atoms with E-state index >= 15 is 0 Å². The molecule has 0 radical (unpaired) electrons. The number of anilines is 1. The lowest BCUT2D eigenvalue weighted by molar-refractivity contribution is 0.0944. The highest BCUT2D eigenvalue weighted by molar-refractivity contribution is 6.30. The number of phenolic OH excluding ortho intramolecular Hbond substituents is 1. The van der Waals surface area contributed by atoms with Crippen molar-refractivity contribution in [2.24, 2.45) is 5.73 Å². The summed E-state index contributed by atoms with van der Waals surface area (Å²) in [5.74, 6) is -1.28. The fourth-order valence-corrected chi connectivity index (χ4v) is 4.45. The number of nitrogens with one attached hydrogen (secondary N) is 1. The SMILES string of the molecule is Cc1c(C(N)=O)oc2c(C(=O)NCCCN3CCN(c4cc(Cl)ccc4O)CC3)cccc2c1=O. The minimum Gasteiger partial charge on any atom is -0.506 e. The van der Waals surface area contributed by atoms with E-state index in [9.17, 15) is 19.5 Å². The van der Waals surface area contributed by atoms with Gasteiger partial charge < -0.3 is 25.5 Å². The number of nitrogens with zero attached hydrogens (tertiary/aromatic N) is 2. The number of phenols is 1. The van der Waals surface area contributed by atoms with E-state index in [0.717, 1.165) is 44.8 Å². The molecule has 2 aromatic carbocycles. The molecule has 4 N–H and O–H groups in total. The van der Waals surface area contributed by atoms with Gasteiger partial charge in [0.25, 0.3) is 11.8 Å². The summed E-state index contributed by atoms with van der Waals surface area (Å²) in [6.45, 7) is 5.87.